The minimum atomic E-state index is -0.0641. The van der Waals surface area contributed by atoms with E-state index in [9.17, 15) is 4.79 Å². The molecular weight excluding hydrogens is 216 g/mol. The lowest BCUT2D eigenvalue weighted by molar-refractivity contribution is -0.119. The molecule has 1 aliphatic rings. The van der Waals surface area contributed by atoms with Gasteiger partial charge in [0, 0.05) is 6.61 Å². The number of carbonyl (C=O) groups is 1. The molecule has 15 heavy (non-hydrogen) atoms. The zero-order valence-corrected chi connectivity index (χ0v) is 8.83. The third-order valence-electron chi connectivity index (χ3n) is 2.27. The Kier molecular flexibility index (Phi) is 3.18. The highest BCUT2D eigenvalue weighted by atomic mass is 35.5. The Morgan fingerprint density at radius 2 is 2.47 bits per heavy atom. The summed E-state index contributed by atoms with van der Waals surface area (Å²) < 4.78 is 5.13. The lowest BCUT2D eigenvalue weighted by Gasteiger charge is -2.08. The molecule has 0 aromatic carbocycles. The van der Waals surface area contributed by atoms with Crippen molar-refractivity contribution < 1.29 is 9.53 Å². The number of hydrogen-bond acceptors (Lipinski definition) is 3. The predicted molar refractivity (Wildman–Crippen MR) is 56.8 cm³/mol. The quantitative estimate of drug-likeness (QED) is 0.782. The van der Waals surface area contributed by atoms with Crippen LogP contribution in [0.15, 0.2) is 18.2 Å². The van der Waals surface area contributed by atoms with Crippen LogP contribution in [0.1, 0.15) is 6.42 Å². The van der Waals surface area contributed by atoms with Crippen LogP contribution < -0.4 is 5.32 Å². The fourth-order valence-electron chi connectivity index (χ4n) is 1.45. The Bertz CT molecular complexity index is 364. The SMILES string of the molecule is O=C(Nc1cccc(Cl)n1)C1CCOC1. The van der Waals surface area contributed by atoms with Gasteiger partial charge in [-0.25, -0.2) is 4.98 Å². The van der Waals surface area contributed by atoms with Gasteiger partial charge in [-0.05, 0) is 18.6 Å². The Hall–Kier alpha value is -1.13. The first-order valence-corrected chi connectivity index (χ1v) is 5.14. The summed E-state index contributed by atoms with van der Waals surface area (Å²) in [6, 6.07) is 5.12. The second kappa shape index (κ2) is 4.59. The Morgan fingerprint density at radius 1 is 1.60 bits per heavy atom. The monoisotopic (exact) mass is 226 g/mol. The Morgan fingerprint density at radius 3 is 3.13 bits per heavy atom. The van der Waals surface area contributed by atoms with Crippen LogP contribution in [0.2, 0.25) is 5.15 Å². The first-order chi connectivity index (χ1) is 7.25. The number of ether oxygens (including phenoxy) is 1. The third kappa shape index (κ3) is 2.67. The second-order valence-corrected chi connectivity index (χ2v) is 3.78. The van der Waals surface area contributed by atoms with Gasteiger partial charge < -0.3 is 10.1 Å². The van der Waals surface area contributed by atoms with Crippen LogP contribution in [0.5, 0.6) is 0 Å². The van der Waals surface area contributed by atoms with Gasteiger partial charge in [0.2, 0.25) is 5.91 Å². The molecule has 2 heterocycles. The van der Waals surface area contributed by atoms with Crippen molar-refractivity contribution in [1.29, 1.82) is 0 Å². The summed E-state index contributed by atoms with van der Waals surface area (Å²) in [5, 5.41) is 3.08. The second-order valence-electron chi connectivity index (χ2n) is 3.40. The molecule has 1 N–H and O–H groups in total. The zero-order chi connectivity index (χ0) is 10.7. The van der Waals surface area contributed by atoms with Gasteiger partial charge in [-0.3, -0.25) is 4.79 Å². The van der Waals surface area contributed by atoms with Crippen LogP contribution >= 0.6 is 11.6 Å². The first kappa shape index (κ1) is 10.4. The van der Waals surface area contributed by atoms with E-state index in [1.165, 1.54) is 0 Å². The van der Waals surface area contributed by atoms with Crippen LogP contribution in [-0.4, -0.2) is 24.1 Å². The summed E-state index contributed by atoms with van der Waals surface area (Å²) in [5.74, 6) is 0.368. The van der Waals surface area contributed by atoms with Gasteiger partial charge in [-0.15, -0.1) is 0 Å². The maximum absolute atomic E-state index is 11.7. The Labute approximate surface area is 92.6 Å². The molecule has 0 radical (unpaired) electrons. The smallest absolute Gasteiger partial charge is 0.231 e. The molecule has 80 valence electrons. The predicted octanol–water partition coefficient (Wildman–Crippen LogP) is 1.71. The molecule has 5 heteroatoms. The molecule has 1 aliphatic heterocycles. The molecule has 1 aromatic rings. The van der Waals surface area contributed by atoms with Gasteiger partial charge in [0.25, 0.3) is 0 Å². The topological polar surface area (TPSA) is 51.2 Å². The average molecular weight is 227 g/mol. The van der Waals surface area contributed by atoms with Crippen molar-refractivity contribution in [3.63, 3.8) is 0 Å². The molecule has 1 fully saturated rings. The maximum Gasteiger partial charge on any atom is 0.231 e. The van der Waals surface area contributed by atoms with Crippen LogP contribution in [0.3, 0.4) is 0 Å². The molecule has 1 aromatic heterocycles. The summed E-state index contributed by atoms with van der Waals surface area (Å²) in [6.45, 7) is 1.15. The lowest BCUT2D eigenvalue weighted by atomic mass is 10.1. The third-order valence-corrected chi connectivity index (χ3v) is 2.48. The number of pyridine rings is 1. The van der Waals surface area contributed by atoms with Crippen molar-refractivity contribution in [1.82, 2.24) is 4.98 Å². The van der Waals surface area contributed by atoms with Crippen molar-refractivity contribution in [2.75, 3.05) is 18.5 Å². The molecule has 0 aliphatic carbocycles. The Balaban J connectivity index is 1.99. The highest BCUT2D eigenvalue weighted by Crippen LogP contribution is 2.15. The van der Waals surface area contributed by atoms with Crippen LogP contribution in [0.4, 0.5) is 5.82 Å². The average Bonchev–Trinajstić information content (AvgIpc) is 2.70. The summed E-state index contributed by atoms with van der Waals surface area (Å²) >= 11 is 5.70. The van der Waals surface area contributed by atoms with E-state index in [0.717, 1.165) is 6.42 Å². The summed E-state index contributed by atoms with van der Waals surface area (Å²) in [7, 11) is 0. The van der Waals surface area contributed by atoms with Crippen LogP contribution in [-0.2, 0) is 9.53 Å². The minimum absolute atomic E-state index is 0.0535. The van der Waals surface area contributed by atoms with Crippen molar-refractivity contribution in [2.45, 2.75) is 6.42 Å². The summed E-state index contributed by atoms with van der Waals surface area (Å²) in [6.07, 6.45) is 0.770. The number of nitrogens with zero attached hydrogens (tertiary/aromatic N) is 1. The van der Waals surface area contributed by atoms with Gasteiger partial charge in [0.05, 0.1) is 12.5 Å². The number of carbonyl (C=O) groups excluding carboxylic acids is 1. The van der Waals surface area contributed by atoms with Gasteiger partial charge in [0.1, 0.15) is 11.0 Å². The van der Waals surface area contributed by atoms with E-state index in [0.29, 0.717) is 24.2 Å². The molecule has 4 nitrogen and oxygen atoms in total. The molecule has 2 rings (SSSR count). The van der Waals surface area contributed by atoms with Crippen molar-refractivity contribution in [3.05, 3.63) is 23.4 Å². The van der Waals surface area contributed by atoms with E-state index in [2.05, 4.69) is 10.3 Å². The van der Waals surface area contributed by atoms with Crippen molar-refractivity contribution >= 4 is 23.3 Å². The highest BCUT2D eigenvalue weighted by Gasteiger charge is 2.23. The first-order valence-electron chi connectivity index (χ1n) is 4.77. The highest BCUT2D eigenvalue weighted by molar-refractivity contribution is 6.29. The summed E-state index contributed by atoms with van der Waals surface area (Å²) in [4.78, 5) is 15.6. The van der Waals surface area contributed by atoms with E-state index < -0.39 is 0 Å². The normalized spacial score (nSPS) is 20.2. The van der Waals surface area contributed by atoms with E-state index in [1.54, 1.807) is 18.2 Å². The number of amides is 1. The molecule has 0 spiro atoms. The van der Waals surface area contributed by atoms with E-state index in [-0.39, 0.29) is 11.8 Å². The summed E-state index contributed by atoms with van der Waals surface area (Å²) in [5.41, 5.74) is 0. The van der Waals surface area contributed by atoms with Crippen LogP contribution in [0.25, 0.3) is 0 Å². The number of hydrogen-bond donors (Lipinski definition) is 1. The van der Waals surface area contributed by atoms with Crippen molar-refractivity contribution in [3.8, 4) is 0 Å². The van der Waals surface area contributed by atoms with E-state index in [1.807, 2.05) is 0 Å². The van der Waals surface area contributed by atoms with E-state index in [4.69, 9.17) is 16.3 Å². The maximum atomic E-state index is 11.7. The van der Waals surface area contributed by atoms with Gasteiger partial charge in [-0.1, -0.05) is 17.7 Å². The molecular formula is C10H11ClN2O2. The van der Waals surface area contributed by atoms with Gasteiger partial charge in [0.15, 0.2) is 0 Å². The fourth-order valence-corrected chi connectivity index (χ4v) is 1.61. The van der Waals surface area contributed by atoms with Gasteiger partial charge >= 0.3 is 0 Å². The van der Waals surface area contributed by atoms with Crippen LogP contribution in [0, 0.1) is 5.92 Å². The van der Waals surface area contributed by atoms with Crippen molar-refractivity contribution in [2.24, 2.45) is 5.92 Å². The number of nitrogens with one attached hydrogen (secondary N) is 1. The number of anilines is 1. The largest absolute Gasteiger partial charge is 0.381 e. The number of aromatic nitrogens is 1. The molecule has 1 amide bonds. The molecule has 0 saturated carbocycles. The standard InChI is InChI=1S/C10H11ClN2O2/c11-8-2-1-3-9(12-8)13-10(14)7-4-5-15-6-7/h1-3,7H,4-6H2,(H,12,13,14). The number of halogens is 1. The van der Waals surface area contributed by atoms with E-state index >= 15 is 0 Å². The molecule has 0 bridgehead atoms. The minimum Gasteiger partial charge on any atom is -0.381 e. The molecule has 1 saturated heterocycles. The zero-order valence-electron chi connectivity index (χ0n) is 8.07. The van der Waals surface area contributed by atoms with Gasteiger partial charge in [-0.2, -0.15) is 0 Å². The lowest BCUT2D eigenvalue weighted by Crippen LogP contribution is -2.23. The number of rotatable bonds is 2. The molecule has 1 atom stereocenters. The molecule has 1 unspecified atom stereocenters. The fraction of sp³-hybridized carbons (Fsp3) is 0.400.